The number of amides is 1. The topological polar surface area (TPSA) is 180 Å². The molecule has 4 aliphatic rings. The largest absolute Gasteiger partial charge is 0.394 e. The summed E-state index contributed by atoms with van der Waals surface area (Å²) in [5.41, 5.74) is 5.09. The first-order valence-electron chi connectivity index (χ1n) is 15.6. The van der Waals surface area contributed by atoms with Gasteiger partial charge < -0.3 is 50.1 Å². The van der Waals surface area contributed by atoms with Gasteiger partial charge in [-0.15, -0.1) is 0 Å². The molecule has 1 spiro atoms. The first-order chi connectivity index (χ1) is 22.1. The summed E-state index contributed by atoms with van der Waals surface area (Å²) in [6.45, 7) is 1.87. The molecule has 0 saturated carbocycles. The van der Waals surface area contributed by atoms with Gasteiger partial charge in [0, 0.05) is 43.0 Å². The molecule has 2 aromatic rings. The fraction of sp³-hybridized carbons (Fsp3) is 0.514. The van der Waals surface area contributed by atoms with E-state index in [1.54, 1.807) is 6.92 Å². The van der Waals surface area contributed by atoms with Crippen LogP contribution in [0, 0.1) is 23.7 Å². The minimum atomic E-state index is -1.51. The van der Waals surface area contributed by atoms with Gasteiger partial charge in [0.2, 0.25) is 5.91 Å². The smallest absolute Gasteiger partial charge is 0.219 e. The van der Waals surface area contributed by atoms with Gasteiger partial charge in [0.15, 0.2) is 0 Å². The van der Waals surface area contributed by atoms with Crippen molar-refractivity contribution in [2.24, 2.45) is 0 Å². The first kappa shape index (κ1) is 32.6. The summed E-state index contributed by atoms with van der Waals surface area (Å²) in [6.07, 6.45) is -8.94. The summed E-state index contributed by atoms with van der Waals surface area (Å²) in [7, 11) is 0. The molecular formula is C35H39NO10. The van der Waals surface area contributed by atoms with Crippen molar-refractivity contribution in [3.8, 4) is 34.8 Å². The molecule has 9 atom stereocenters. The van der Waals surface area contributed by atoms with Crippen LogP contribution in [0.4, 0.5) is 0 Å². The monoisotopic (exact) mass is 633 g/mol. The molecule has 3 fully saturated rings. The van der Waals surface area contributed by atoms with Crippen LogP contribution in [-0.4, -0.2) is 128 Å². The normalized spacial score (nSPS) is 32.9. The highest BCUT2D eigenvalue weighted by Gasteiger charge is 2.46. The molecule has 3 heterocycles. The maximum Gasteiger partial charge on any atom is 0.219 e. The molecule has 0 radical (unpaired) electrons. The zero-order chi connectivity index (χ0) is 32.7. The molecule has 7 N–H and O–H groups in total. The number of hydrogen-bond acceptors (Lipinski definition) is 10. The Morgan fingerprint density at radius 2 is 1.37 bits per heavy atom. The summed E-state index contributed by atoms with van der Waals surface area (Å²) >= 11 is 0. The van der Waals surface area contributed by atoms with Gasteiger partial charge in [-0.1, -0.05) is 35.8 Å². The Hall–Kier alpha value is -3.33. The number of carbonyl (C=O) groups excluding carboxylic acids is 1. The summed E-state index contributed by atoms with van der Waals surface area (Å²) in [4.78, 5) is 14.1. The van der Waals surface area contributed by atoms with E-state index in [0.29, 0.717) is 37.1 Å². The van der Waals surface area contributed by atoms with Crippen molar-refractivity contribution in [1.82, 2.24) is 4.90 Å². The van der Waals surface area contributed by atoms with E-state index in [9.17, 15) is 40.5 Å². The van der Waals surface area contributed by atoms with Crippen LogP contribution in [0.5, 0.6) is 0 Å². The number of hydrogen-bond donors (Lipinski definition) is 7. The average Bonchev–Trinajstić information content (AvgIpc) is 3.31. The van der Waals surface area contributed by atoms with E-state index in [1.165, 1.54) is 0 Å². The Bertz CT molecular complexity index is 1590. The van der Waals surface area contributed by atoms with Crippen molar-refractivity contribution in [2.75, 3.05) is 26.3 Å². The minimum Gasteiger partial charge on any atom is -0.394 e. The van der Waals surface area contributed by atoms with Gasteiger partial charge in [-0.25, -0.2) is 0 Å². The summed E-state index contributed by atoms with van der Waals surface area (Å²) < 4.78 is 11.2. The molecule has 1 aliphatic carbocycles. The van der Waals surface area contributed by atoms with Crippen molar-refractivity contribution < 1.29 is 50.0 Å². The number of aliphatic hydroxyl groups excluding tert-OH is 7. The third-order valence-corrected chi connectivity index (χ3v) is 9.78. The number of nitrogens with zero attached hydrogens (tertiary/aromatic N) is 1. The van der Waals surface area contributed by atoms with Crippen LogP contribution in [0.15, 0.2) is 36.4 Å². The highest BCUT2D eigenvalue weighted by molar-refractivity contribution is 5.83. The fourth-order valence-corrected chi connectivity index (χ4v) is 7.11. The highest BCUT2D eigenvalue weighted by Crippen LogP contribution is 2.54. The van der Waals surface area contributed by atoms with Crippen LogP contribution in [0.3, 0.4) is 0 Å². The number of benzene rings is 2. The van der Waals surface area contributed by atoms with Crippen molar-refractivity contribution in [3.63, 3.8) is 0 Å². The Balaban J connectivity index is 1.34. The Labute approximate surface area is 267 Å². The maximum absolute atomic E-state index is 12.2. The Morgan fingerprint density at radius 3 is 1.89 bits per heavy atom. The van der Waals surface area contributed by atoms with Gasteiger partial charge in [0.25, 0.3) is 0 Å². The number of likely N-dealkylation sites (tertiary alicyclic amines) is 1. The molecule has 2 unspecified atom stereocenters. The van der Waals surface area contributed by atoms with E-state index in [4.69, 9.17) is 9.47 Å². The number of piperidine rings is 1. The lowest BCUT2D eigenvalue weighted by Crippen LogP contribution is -2.58. The zero-order valence-corrected chi connectivity index (χ0v) is 25.4. The van der Waals surface area contributed by atoms with Crippen LogP contribution < -0.4 is 0 Å². The molecule has 3 saturated heterocycles. The standard InChI is InChI=1S/C35H39NO10/c1-19(39)36-12-10-35(11-13-36)25-14-20(4-8-28-31(41)27(40)16-22(17-37)45-28)2-6-23(25)24-7-3-21(15-26(24)35)5-9-29-32(42)34(44)33(43)30(18-38)46-29/h2-3,6-7,14-15,22,27-34,37-38,40-44H,10-13,16-18H2,1H3/t22-,27-,28?,29?,30+,31-,32+,33+,34+/m0/s1. The van der Waals surface area contributed by atoms with Gasteiger partial charge in [0.05, 0.1) is 25.4 Å². The van der Waals surface area contributed by atoms with E-state index in [0.717, 1.165) is 22.3 Å². The second-order valence-corrected chi connectivity index (χ2v) is 12.6. The van der Waals surface area contributed by atoms with E-state index < -0.39 is 67.0 Å². The number of aliphatic hydroxyl groups is 7. The van der Waals surface area contributed by atoms with E-state index >= 15 is 0 Å². The number of carbonyl (C=O) groups is 1. The third-order valence-electron chi connectivity index (χ3n) is 9.78. The Kier molecular flexibility index (Phi) is 9.25. The third kappa shape index (κ3) is 5.84. The molecule has 2 aromatic carbocycles. The summed E-state index contributed by atoms with van der Waals surface area (Å²) in [5, 5.41) is 70.4. The van der Waals surface area contributed by atoms with Crippen molar-refractivity contribution in [1.29, 1.82) is 0 Å². The number of ether oxygens (including phenoxy) is 2. The Morgan fingerprint density at radius 1 is 0.804 bits per heavy atom. The first-order valence-corrected chi connectivity index (χ1v) is 15.6. The van der Waals surface area contributed by atoms with E-state index in [1.807, 2.05) is 41.3 Å². The molecule has 6 rings (SSSR count). The van der Waals surface area contributed by atoms with Crippen LogP contribution in [-0.2, 0) is 19.7 Å². The van der Waals surface area contributed by atoms with Crippen molar-refractivity contribution in [2.45, 2.75) is 86.5 Å². The van der Waals surface area contributed by atoms with Gasteiger partial charge in [-0.3, -0.25) is 4.79 Å². The molecular weight excluding hydrogens is 594 g/mol. The number of rotatable bonds is 2. The molecule has 11 heteroatoms. The van der Waals surface area contributed by atoms with Crippen LogP contribution in [0.1, 0.15) is 48.4 Å². The summed E-state index contributed by atoms with van der Waals surface area (Å²) in [6, 6.07) is 11.8. The zero-order valence-electron chi connectivity index (χ0n) is 25.4. The fourth-order valence-electron chi connectivity index (χ4n) is 7.11. The minimum absolute atomic E-state index is 0.0152. The van der Waals surface area contributed by atoms with Crippen LogP contribution in [0.25, 0.3) is 11.1 Å². The van der Waals surface area contributed by atoms with Crippen LogP contribution in [0.2, 0.25) is 0 Å². The number of fused-ring (bicyclic) bond motifs is 5. The lowest BCUT2D eigenvalue weighted by Gasteiger charge is -2.40. The highest BCUT2D eigenvalue weighted by atomic mass is 16.5. The average molecular weight is 634 g/mol. The van der Waals surface area contributed by atoms with Gasteiger partial charge in [-0.2, -0.15) is 0 Å². The molecule has 0 aromatic heterocycles. The summed E-state index contributed by atoms with van der Waals surface area (Å²) in [5.74, 6) is 11.9. The predicted octanol–water partition coefficient (Wildman–Crippen LogP) is -0.988. The van der Waals surface area contributed by atoms with E-state index in [2.05, 4.69) is 23.7 Å². The molecule has 3 aliphatic heterocycles. The molecule has 1 amide bonds. The van der Waals surface area contributed by atoms with Gasteiger partial charge in [0.1, 0.15) is 42.7 Å². The second kappa shape index (κ2) is 13.1. The van der Waals surface area contributed by atoms with Crippen molar-refractivity contribution >= 4 is 5.91 Å². The molecule has 0 bridgehead atoms. The van der Waals surface area contributed by atoms with Gasteiger partial charge >= 0.3 is 0 Å². The second-order valence-electron chi connectivity index (χ2n) is 12.6. The lowest BCUT2D eigenvalue weighted by molar-refractivity contribution is -0.214. The van der Waals surface area contributed by atoms with Crippen LogP contribution >= 0.6 is 0 Å². The van der Waals surface area contributed by atoms with Crippen molar-refractivity contribution in [3.05, 3.63) is 58.7 Å². The molecule has 11 nitrogen and oxygen atoms in total. The lowest BCUT2D eigenvalue weighted by atomic mass is 9.70. The molecule has 244 valence electrons. The quantitative estimate of drug-likeness (QED) is 0.203. The van der Waals surface area contributed by atoms with E-state index in [-0.39, 0.29) is 18.9 Å². The maximum atomic E-state index is 12.2. The predicted molar refractivity (Wildman–Crippen MR) is 164 cm³/mol. The molecule has 46 heavy (non-hydrogen) atoms. The van der Waals surface area contributed by atoms with Gasteiger partial charge in [-0.05, 0) is 59.4 Å². The SMILES string of the molecule is CC(=O)N1CCC2(CC1)c1cc(C#CC3O[C@H](CO)[C@@H](O)[C@H](O)[C@@H]3O)ccc1-c1ccc(C#CC3O[C@H](CO)C[C@H](O)[C@@H]3O)cc12.